The molecule has 0 radical (unpaired) electrons. The number of rotatable bonds is 2. The Morgan fingerprint density at radius 1 is 1.47 bits per heavy atom. The maximum absolute atomic E-state index is 5.43. The van der Waals surface area contributed by atoms with Crippen LogP contribution in [0.4, 0.5) is 0 Å². The average Bonchev–Trinajstić information content (AvgIpc) is 2.99. The average molecular weight is 232 g/mol. The molecule has 3 rings (SSSR count). The molecule has 1 atom stereocenters. The number of aliphatic imine (C=N–C) groups is 1. The molecule has 4 nitrogen and oxygen atoms in total. The summed E-state index contributed by atoms with van der Waals surface area (Å²) in [5.41, 5.74) is 2.62. The SMILES string of the molecule is COc1cccc2c1C(NC1=NCCO1)CC2. The number of methoxy groups -OCH3 is 1. The van der Waals surface area contributed by atoms with E-state index in [0.717, 1.165) is 25.1 Å². The molecule has 4 heteroatoms. The number of fused-ring (bicyclic) bond motifs is 1. The predicted molar refractivity (Wildman–Crippen MR) is 65.4 cm³/mol. The van der Waals surface area contributed by atoms with E-state index in [1.54, 1.807) is 7.11 Å². The number of nitrogens with one attached hydrogen (secondary N) is 1. The van der Waals surface area contributed by atoms with Crippen molar-refractivity contribution < 1.29 is 9.47 Å². The standard InChI is InChI=1S/C13H16N2O2/c1-16-11-4-2-3-9-5-6-10(12(9)11)15-13-14-7-8-17-13/h2-4,10H,5-8H2,1H3,(H,14,15). The van der Waals surface area contributed by atoms with Gasteiger partial charge in [-0.3, -0.25) is 0 Å². The zero-order chi connectivity index (χ0) is 11.7. The Labute approximate surface area is 101 Å². The number of aryl methyl sites for hydroxylation is 1. The van der Waals surface area contributed by atoms with E-state index in [-0.39, 0.29) is 6.04 Å². The van der Waals surface area contributed by atoms with Gasteiger partial charge in [-0.15, -0.1) is 0 Å². The van der Waals surface area contributed by atoms with Crippen LogP contribution in [-0.4, -0.2) is 26.3 Å². The highest BCUT2D eigenvalue weighted by molar-refractivity contribution is 5.75. The van der Waals surface area contributed by atoms with E-state index in [9.17, 15) is 0 Å². The molecule has 0 aromatic heterocycles. The molecule has 1 unspecified atom stereocenters. The summed E-state index contributed by atoms with van der Waals surface area (Å²) in [5, 5.41) is 3.36. The quantitative estimate of drug-likeness (QED) is 0.843. The van der Waals surface area contributed by atoms with Gasteiger partial charge in [-0.25, -0.2) is 4.99 Å². The Balaban J connectivity index is 1.86. The van der Waals surface area contributed by atoms with Crippen LogP contribution < -0.4 is 10.1 Å². The van der Waals surface area contributed by atoms with Gasteiger partial charge in [-0.05, 0) is 24.5 Å². The van der Waals surface area contributed by atoms with Crippen molar-refractivity contribution in [2.24, 2.45) is 4.99 Å². The van der Waals surface area contributed by atoms with E-state index in [1.807, 2.05) is 12.1 Å². The molecule has 0 saturated carbocycles. The first kappa shape index (κ1) is 10.4. The second-order valence-corrected chi connectivity index (χ2v) is 4.30. The molecule has 0 fully saturated rings. The molecule has 1 aliphatic heterocycles. The van der Waals surface area contributed by atoms with E-state index in [1.165, 1.54) is 11.1 Å². The molecule has 0 saturated heterocycles. The molecule has 1 N–H and O–H groups in total. The van der Waals surface area contributed by atoms with Crippen molar-refractivity contribution in [3.05, 3.63) is 29.3 Å². The summed E-state index contributed by atoms with van der Waals surface area (Å²) in [5.74, 6) is 0.955. The zero-order valence-corrected chi connectivity index (χ0v) is 9.90. The first-order chi connectivity index (χ1) is 8.38. The second-order valence-electron chi connectivity index (χ2n) is 4.30. The first-order valence-corrected chi connectivity index (χ1v) is 5.98. The van der Waals surface area contributed by atoms with Crippen LogP contribution in [0, 0.1) is 0 Å². The third-order valence-electron chi connectivity index (χ3n) is 3.31. The molecule has 90 valence electrons. The lowest BCUT2D eigenvalue weighted by Crippen LogP contribution is -2.27. The van der Waals surface area contributed by atoms with E-state index < -0.39 is 0 Å². The Hall–Kier alpha value is -1.71. The summed E-state index contributed by atoms with van der Waals surface area (Å²) in [6, 6.07) is 7.16. The molecular weight excluding hydrogens is 216 g/mol. The van der Waals surface area contributed by atoms with Crippen LogP contribution in [0.25, 0.3) is 0 Å². The predicted octanol–water partition coefficient (Wildman–Crippen LogP) is 1.66. The third kappa shape index (κ3) is 1.84. The highest BCUT2D eigenvalue weighted by Crippen LogP contribution is 2.37. The summed E-state index contributed by atoms with van der Waals surface area (Å²) in [6.07, 6.45) is 2.15. The summed E-state index contributed by atoms with van der Waals surface area (Å²) in [6.45, 7) is 1.45. The van der Waals surface area contributed by atoms with Gasteiger partial charge in [0.15, 0.2) is 0 Å². The lowest BCUT2D eigenvalue weighted by Gasteiger charge is -2.17. The molecule has 1 aromatic carbocycles. The van der Waals surface area contributed by atoms with Gasteiger partial charge in [0.1, 0.15) is 12.4 Å². The lowest BCUT2D eigenvalue weighted by atomic mass is 10.1. The van der Waals surface area contributed by atoms with Gasteiger partial charge in [0.25, 0.3) is 6.02 Å². The summed E-state index contributed by atoms with van der Waals surface area (Å²) >= 11 is 0. The second kappa shape index (κ2) is 4.28. The van der Waals surface area contributed by atoms with Crippen LogP contribution in [0.3, 0.4) is 0 Å². The van der Waals surface area contributed by atoms with E-state index >= 15 is 0 Å². The van der Waals surface area contributed by atoms with E-state index in [2.05, 4.69) is 16.4 Å². The fraction of sp³-hybridized carbons (Fsp3) is 0.462. The fourth-order valence-electron chi connectivity index (χ4n) is 2.54. The normalized spacial score (nSPS) is 21.7. The van der Waals surface area contributed by atoms with Gasteiger partial charge in [0, 0.05) is 5.56 Å². The Kier molecular flexibility index (Phi) is 2.63. The van der Waals surface area contributed by atoms with Crippen LogP contribution in [0.2, 0.25) is 0 Å². The number of hydrogen-bond acceptors (Lipinski definition) is 4. The number of hydrogen-bond donors (Lipinski definition) is 1. The molecule has 0 bridgehead atoms. The van der Waals surface area contributed by atoms with E-state index in [0.29, 0.717) is 12.6 Å². The number of nitrogens with zero attached hydrogens (tertiary/aromatic N) is 1. The van der Waals surface area contributed by atoms with Crippen molar-refractivity contribution >= 4 is 6.02 Å². The maximum atomic E-state index is 5.43. The largest absolute Gasteiger partial charge is 0.496 e. The fourth-order valence-corrected chi connectivity index (χ4v) is 2.54. The highest BCUT2D eigenvalue weighted by atomic mass is 16.5. The third-order valence-corrected chi connectivity index (χ3v) is 3.31. The van der Waals surface area contributed by atoms with Gasteiger partial charge in [-0.1, -0.05) is 12.1 Å². The minimum atomic E-state index is 0.262. The molecule has 0 amide bonds. The van der Waals surface area contributed by atoms with Crippen molar-refractivity contribution in [1.29, 1.82) is 0 Å². The topological polar surface area (TPSA) is 42.8 Å². The minimum absolute atomic E-state index is 0.262. The molecule has 1 aliphatic carbocycles. The Morgan fingerprint density at radius 3 is 3.18 bits per heavy atom. The van der Waals surface area contributed by atoms with Crippen LogP contribution >= 0.6 is 0 Å². The zero-order valence-electron chi connectivity index (χ0n) is 9.90. The van der Waals surface area contributed by atoms with Gasteiger partial charge in [-0.2, -0.15) is 0 Å². The van der Waals surface area contributed by atoms with Crippen LogP contribution in [0.5, 0.6) is 5.75 Å². The summed E-state index contributed by atoms with van der Waals surface area (Å²) < 4.78 is 10.8. The van der Waals surface area contributed by atoms with Crippen LogP contribution in [0.1, 0.15) is 23.6 Å². The monoisotopic (exact) mass is 232 g/mol. The van der Waals surface area contributed by atoms with Crippen molar-refractivity contribution in [3.63, 3.8) is 0 Å². The molecule has 17 heavy (non-hydrogen) atoms. The Morgan fingerprint density at radius 2 is 2.41 bits per heavy atom. The number of ether oxygens (including phenoxy) is 2. The van der Waals surface area contributed by atoms with Crippen LogP contribution in [0.15, 0.2) is 23.2 Å². The smallest absolute Gasteiger partial charge is 0.285 e. The van der Waals surface area contributed by atoms with Crippen molar-refractivity contribution in [2.75, 3.05) is 20.3 Å². The van der Waals surface area contributed by atoms with Gasteiger partial charge in [0.05, 0.1) is 19.7 Å². The van der Waals surface area contributed by atoms with Gasteiger partial charge < -0.3 is 14.8 Å². The van der Waals surface area contributed by atoms with Gasteiger partial charge in [0.2, 0.25) is 0 Å². The number of benzene rings is 1. The van der Waals surface area contributed by atoms with Crippen molar-refractivity contribution in [3.8, 4) is 5.75 Å². The first-order valence-electron chi connectivity index (χ1n) is 5.98. The Bertz CT molecular complexity index is 457. The highest BCUT2D eigenvalue weighted by Gasteiger charge is 2.27. The van der Waals surface area contributed by atoms with Crippen molar-refractivity contribution in [1.82, 2.24) is 5.32 Å². The maximum Gasteiger partial charge on any atom is 0.285 e. The number of amidine groups is 1. The molecule has 0 spiro atoms. The molecule has 1 heterocycles. The summed E-state index contributed by atoms with van der Waals surface area (Å²) in [7, 11) is 1.72. The molecule has 2 aliphatic rings. The van der Waals surface area contributed by atoms with Gasteiger partial charge >= 0.3 is 0 Å². The van der Waals surface area contributed by atoms with Crippen molar-refractivity contribution in [2.45, 2.75) is 18.9 Å². The van der Waals surface area contributed by atoms with E-state index in [4.69, 9.17) is 9.47 Å². The lowest BCUT2D eigenvalue weighted by molar-refractivity contribution is 0.324. The summed E-state index contributed by atoms with van der Waals surface area (Å²) in [4.78, 5) is 4.27. The van der Waals surface area contributed by atoms with Crippen LogP contribution in [-0.2, 0) is 11.2 Å². The molecule has 1 aromatic rings. The minimum Gasteiger partial charge on any atom is -0.496 e. The molecular formula is C13H16N2O2.